The van der Waals surface area contributed by atoms with Crippen LogP contribution in [0.1, 0.15) is 44.3 Å². The number of rotatable bonds is 6. The molecule has 0 radical (unpaired) electrons. The van der Waals surface area contributed by atoms with Crippen molar-refractivity contribution in [3.63, 3.8) is 0 Å². The predicted octanol–water partition coefficient (Wildman–Crippen LogP) is 2.26. The molecule has 1 aliphatic rings. The van der Waals surface area contributed by atoms with E-state index in [0.29, 0.717) is 6.04 Å². The Hall–Kier alpha value is -0.830. The Balaban J connectivity index is 1.96. The van der Waals surface area contributed by atoms with E-state index in [9.17, 15) is 0 Å². The Labute approximate surface area is 91.9 Å². The molecule has 1 unspecified atom stereocenters. The van der Waals surface area contributed by atoms with Gasteiger partial charge in [0.1, 0.15) is 0 Å². The highest BCUT2D eigenvalue weighted by atomic mass is 15.3. The van der Waals surface area contributed by atoms with Gasteiger partial charge in [-0.15, -0.1) is 0 Å². The molecular formula is C12H21N3. The van der Waals surface area contributed by atoms with E-state index in [0.717, 1.165) is 12.5 Å². The highest BCUT2D eigenvalue weighted by molar-refractivity contribution is 5.06. The average molecular weight is 207 g/mol. The van der Waals surface area contributed by atoms with Crippen LogP contribution in [-0.4, -0.2) is 16.3 Å². The van der Waals surface area contributed by atoms with Crippen molar-refractivity contribution in [3.05, 3.63) is 18.0 Å². The van der Waals surface area contributed by atoms with E-state index in [-0.39, 0.29) is 0 Å². The van der Waals surface area contributed by atoms with Crippen LogP contribution in [0.5, 0.6) is 0 Å². The summed E-state index contributed by atoms with van der Waals surface area (Å²) >= 11 is 0. The number of hydrogen-bond donors (Lipinski definition) is 1. The molecule has 0 amide bonds. The van der Waals surface area contributed by atoms with E-state index in [1.54, 1.807) is 0 Å². The van der Waals surface area contributed by atoms with Gasteiger partial charge in [-0.3, -0.25) is 4.68 Å². The summed E-state index contributed by atoms with van der Waals surface area (Å²) < 4.78 is 1.89. The van der Waals surface area contributed by atoms with E-state index in [4.69, 9.17) is 0 Å². The van der Waals surface area contributed by atoms with Crippen LogP contribution in [0.15, 0.2) is 12.3 Å². The van der Waals surface area contributed by atoms with Gasteiger partial charge in [-0.1, -0.05) is 19.8 Å². The Morgan fingerprint density at radius 2 is 2.40 bits per heavy atom. The third kappa shape index (κ3) is 3.06. The van der Waals surface area contributed by atoms with Gasteiger partial charge in [-0.05, 0) is 31.4 Å². The zero-order valence-electron chi connectivity index (χ0n) is 9.74. The Bertz CT molecular complexity index is 302. The van der Waals surface area contributed by atoms with Crippen LogP contribution in [-0.2, 0) is 7.05 Å². The van der Waals surface area contributed by atoms with Crippen molar-refractivity contribution in [1.82, 2.24) is 15.1 Å². The van der Waals surface area contributed by atoms with Crippen molar-refractivity contribution >= 4 is 0 Å². The minimum absolute atomic E-state index is 0.471. The summed E-state index contributed by atoms with van der Waals surface area (Å²) in [6, 6.07) is 2.61. The Morgan fingerprint density at radius 1 is 1.60 bits per heavy atom. The van der Waals surface area contributed by atoms with E-state index in [1.807, 2.05) is 17.9 Å². The van der Waals surface area contributed by atoms with Crippen molar-refractivity contribution in [2.24, 2.45) is 13.0 Å². The molecule has 1 aliphatic carbocycles. The monoisotopic (exact) mass is 207 g/mol. The Kier molecular flexibility index (Phi) is 3.41. The fraction of sp³-hybridized carbons (Fsp3) is 0.750. The molecule has 1 atom stereocenters. The first-order valence-electron chi connectivity index (χ1n) is 6.02. The standard InChI is InChI=1S/C12H21N3/c1-3-7-13-12(9-10-4-5-10)11-6-8-15(2)14-11/h6,8,10,12-13H,3-5,7,9H2,1-2H3. The average Bonchev–Trinajstić information content (AvgIpc) is 2.94. The van der Waals surface area contributed by atoms with Gasteiger partial charge < -0.3 is 5.32 Å². The van der Waals surface area contributed by atoms with Gasteiger partial charge in [0.2, 0.25) is 0 Å². The van der Waals surface area contributed by atoms with Crippen molar-refractivity contribution in [2.75, 3.05) is 6.54 Å². The van der Waals surface area contributed by atoms with Crippen LogP contribution in [0.2, 0.25) is 0 Å². The van der Waals surface area contributed by atoms with E-state index in [2.05, 4.69) is 23.4 Å². The summed E-state index contributed by atoms with van der Waals surface area (Å²) in [7, 11) is 1.98. The molecule has 1 aromatic heterocycles. The summed E-state index contributed by atoms with van der Waals surface area (Å²) in [5.41, 5.74) is 1.21. The lowest BCUT2D eigenvalue weighted by atomic mass is 10.1. The molecule has 2 rings (SSSR count). The number of nitrogens with one attached hydrogen (secondary N) is 1. The molecule has 1 aromatic rings. The normalized spacial score (nSPS) is 18.0. The van der Waals surface area contributed by atoms with Gasteiger partial charge in [0.25, 0.3) is 0 Å². The number of aromatic nitrogens is 2. The third-order valence-corrected chi connectivity index (χ3v) is 3.00. The molecule has 0 bridgehead atoms. The molecule has 0 spiro atoms. The van der Waals surface area contributed by atoms with Gasteiger partial charge >= 0.3 is 0 Å². The van der Waals surface area contributed by atoms with Crippen LogP contribution < -0.4 is 5.32 Å². The highest BCUT2D eigenvalue weighted by Gasteiger charge is 2.26. The number of hydrogen-bond acceptors (Lipinski definition) is 2. The quantitative estimate of drug-likeness (QED) is 0.775. The number of aryl methyl sites for hydroxylation is 1. The molecule has 1 heterocycles. The minimum atomic E-state index is 0.471. The Morgan fingerprint density at radius 3 is 2.93 bits per heavy atom. The van der Waals surface area contributed by atoms with E-state index in [1.165, 1.54) is 31.4 Å². The molecule has 3 heteroatoms. The molecule has 1 fully saturated rings. The third-order valence-electron chi connectivity index (χ3n) is 3.00. The lowest BCUT2D eigenvalue weighted by Crippen LogP contribution is -2.23. The largest absolute Gasteiger partial charge is 0.309 e. The highest BCUT2D eigenvalue weighted by Crippen LogP contribution is 2.37. The topological polar surface area (TPSA) is 29.9 Å². The zero-order chi connectivity index (χ0) is 10.7. The summed E-state index contributed by atoms with van der Waals surface area (Å²) in [4.78, 5) is 0. The second kappa shape index (κ2) is 4.79. The van der Waals surface area contributed by atoms with Gasteiger partial charge in [0.15, 0.2) is 0 Å². The maximum Gasteiger partial charge on any atom is 0.0793 e. The van der Waals surface area contributed by atoms with Gasteiger partial charge in [-0.2, -0.15) is 5.10 Å². The van der Waals surface area contributed by atoms with Gasteiger partial charge in [0.05, 0.1) is 11.7 Å². The smallest absolute Gasteiger partial charge is 0.0793 e. The first-order valence-corrected chi connectivity index (χ1v) is 6.02. The first kappa shape index (κ1) is 10.7. The first-order chi connectivity index (χ1) is 7.29. The maximum atomic E-state index is 4.50. The van der Waals surface area contributed by atoms with Crippen molar-refractivity contribution in [1.29, 1.82) is 0 Å². The lowest BCUT2D eigenvalue weighted by molar-refractivity contribution is 0.460. The molecular weight excluding hydrogens is 186 g/mol. The van der Waals surface area contributed by atoms with Gasteiger partial charge in [0, 0.05) is 13.2 Å². The van der Waals surface area contributed by atoms with Crippen LogP contribution in [0, 0.1) is 5.92 Å². The fourth-order valence-electron chi connectivity index (χ4n) is 1.93. The van der Waals surface area contributed by atoms with Gasteiger partial charge in [-0.25, -0.2) is 0 Å². The molecule has 1 N–H and O–H groups in total. The summed E-state index contributed by atoms with van der Waals surface area (Å²) in [6.45, 7) is 3.30. The SMILES string of the molecule is CCCNC(CC1CC1)c1ccn(C)n1. The summed E-state index contributed by atoms with van der Waals surface area (Å²) in [5.74, 6) is 0.946. The van der Waals surface area contributed by atoms with Crippen LogP contribution in [0.25, 0.3) is 0 Å². The predicted molar refractivity (Wildman–Crippen MR) is 61.6 cm³/mol. The van der Waals surface area contributed by atoms with Crippen molar-refractivity contribution < 1.29 is 0 Å². The van der Waals surface area contributed by atoms with Crippen LogP contribution >= 0.6 is 0 Å². The zero-order valence-corrected chi connectivity index (χ0v) is 9.74. The minimum Gasteiger partial charge on any atom is -0.309 e. The molecule has 0 aliphatic heterocycles. The second-order valence-corrected chi connectivity index (χ2v) is 4.60. The summed E-state index contributed by atoms with van der Waals surface area (Å²) in [6.07, 6.45) is 7.31. The van der Waals surface area contributed by atoms with Crippen molar-refractivity contribution in [2.45, 2.75) is 38.6 Å². The van der Waals surface area contributed by atoms with E-state index >= 15 is 0 Å². The molecule has 3 nitrogen and oxygen atoms in total. The maximum absolute atomic E-state index is 4.50. The lowest BCUT2D eigenvalue weighted by Gasteiger charge is -2.15. The molecule has 1 saturated carbocycles. The molecule has 0 aromatic carbocycles. The van der Waals surface area contributed by atoms with Crippen molar-refractivity contribution in [3.8, 4) is 0 Å². The molecule has 15 heavy (non-hydrogen) atoms. The molecule has 0 saturated heterocycles. The summed E-state index contributed by atoms with van der Waals surface area (Å²) in [5, 5.41) is 8.09. The molecule has 84 valence electrons. The van der Waals surface area contributed by atoms with E-state index < -0.39 is 0 Å². The fourth-order valence-corrected chi connectivity index (χ4v) is 1.93. The van der Waals surface area contributed by atoms with Crippen LogP contribution in [0.3, 0.4) is 0 Å². The second-order valence-electron chi connectivity index (χ2n) is 4.60. The van der Waals surface area contributed by atoms with Crippen LogP contribution in [0.4, 0.5) is 0 Å². The number of nitrogens with zero attached hydrogens (tertiary/aromatic N) is 2.